The van der Waals surface area contributed by atoms with E-state index in [-0.39, 0.29) is 0 Å². The van der Waals surface area contributed by atoms with Gasteiger partial charge in [0, 0.05) is 10.6 Å². The molecule has 16 heavy (non-hydrogen) atoms. The number of nitrogens with two attached hydrogens (primary N) is 2. The molecule has 4 nitrogen and oxygen atoms in total. The molecule has 0 radical (unpaired) electrons. The normalized spacial score (nSPS) is 10.4. The van der Waals surface area contributed by atoms with E-state index in [0.717, 1.165) is 5.56 Å². The average Bonchev–Trinajstić information content (AvgIpc) is 2.25. The van der Waals surface area contributed by atoms with Gasteiger partial charge in [0.25, 0.3) is 0 Å². The zero-order valence-corrected chi connectivity index (χ0v) is 9.49. The third-order valence-corrected chi connectivity index (χ3v) is 2.46. The number of halogens is 1. The van der Waals surface area contributed by atoms with Gasteiger partial charge in [-0.05, 0) is 19.1 Å². The highest BCUT2D eigenvalue weighted by Crippen LogP contribution is 2.27. The number of nitrogen functional groups attached to an aromatic ring is 2. The highest BCUT2D eigenvalue weighted by Gasteiger charge is 2.09. The van der Waals surface area contributed by atoms with Gasteiger partial charge in [0.15, 0.2) is 5.82 Å². The lowest BCUT2D eigenvalue weighted by atomic mass is 10.1. The van der Waals surface area contributed by atoms with Crippen molar-refractivity contribution < 1.29 is 0 Å². The summed E-state index contributed by atoms with van der Waals surface area (Å²) in [5.41, 5.74) is 13.4. The van der Waals surface area contributed by atoms with Crippen LogP contribution in [0.15, 0.2) is 24.3 Å². The van der Waals surface area contributed by atoms with Crippen molar-refractivity contribution in [3.05, 3.63) is 35.1 Å². The second-order valence-electron chi connectivity index (χ2n) is 3.43. The molecule has 2 aromatic rings. The standard InChI is InChI=1S/C11H11ClN4/c1-6-15-10(9(13)11(14)16-6)7-2-4-8(12)5-3-7/h2-5H,13H2,1H3,(H2,14,15,16). The van der Waals surface area contributed by atoms with Gasteiger partial charge in [0.2, 0.25) is 0 Å². The molecule has 0 aliphatic heterocycles. The molecule has 0 bridgehead atoms. The Morgan fingerprint density at radius 2 is 1.69 bits per heavy atom. The molecule has 2 rings (SSSR count). The van der Waals surface area contributed by atoms with Crippen molar-refractivity contribution >= 4 is 23.1 Å². The number of rotatable bonds is 1. The first kappa shape index (κ1) is 10.7. The second-order valence-corrected chi connectivity index (χ2v) is 3.86. The molecular formula is C11H11ClN4. The minimum Gasteiger partial charge on any atom is -0.394 e. The highest BCUT2D eigenvalue weighted by molar-refractivity contribution is 6.30. The third kappa shape index (κ3) is 1.92. The summed E-state index contributed by atoms with van der Waals surface area (Å²) in [5, 5.41) is 0.668. The maximum atomic E-state index is 5.84. The fourth-order valence-corrected chi connectivity index (χ4v) is 1.56. The van der Waals surface area contributed by atoms with E-state index in [1.54, 1.807) is 19.1 Å². The average molecular weight is 235 g/mol. The van der Waals surface area contributed by atoms with Crippen LogP contribution in [0.3, 0.4) is 0 Å². The summed E-state index contributed by atoms with van der Waals surface area (Å²) < 4.78 is 0. The van der Waals surface area contributed by atoms with Gasteiger partial charge in [-0.15, -0.1) is 0 Å². The summed E-state index contributed by atoms with van der Waals surface area (Å²) in [7, 11) is 0. The molecule has 0 saturated heterocycles. The fraction of sp³-hybridized carbons (Fsp3) is 0.0909. The lowest BCUT2D eigenvalue weighted by molar-refractivity contribution is 1.07. The molecule has 1 aromatic heterocycles. The summed E-state index contributed by atoms with van der Waals surface area (Å²) in [6.07, 6.45) is 0. The van der Waals surface area contributed by atoms with E-state index in [1.165, 1.54) is 0 Å². The summed E-state index contributed by atoms with van der Waals surface area (Å²) in [5.74, 6) is 0.897. The first-order valence-corrected chi connectivity index (χ1v) is 5.11. The Bertz CT molecular complexity index is 522. The van der Waals surface area contributed by atoms with Crippen molar-refractivity contribution in [1.82, 2.24) is 9.97 Å². The van der Waals surface area contributed by atoms with Gasteiger partial charge in [-0.3, -0.25) is 0 Å². The van der Waals surface area contributed by atoms with E-state index >= 15 is 0 Å². The zero-order valence-electron chi connectivity index (χ0n) is 8.74. The van der Waals surface area contributed by atoms with Crippen molar-refractivity contribution in [3.63, 3.8) is 0 Å². The molecule has 0 aliphatic rings. The predicted molar refractivity (Wildman–Crippen MR) is 66.0 cm³/mol. The van der Waals surface area contributed by atoms with Crippen LogP contribution in [0.2, 0.25) is 5.02 Å². The van der Waals surface area contributed by atoms with Crippen LogP contribution < -0.4 is 11.5 Å². The molecule has 1 heterocycles. The van der Waals surface area contributed by atoms with Gasteiger partial charge in [-0.25, -0.2) is 9.97 Å². The minimum absolute atomic E-state index is 0.303. The predicted octanol–water partition coefficient (Wildman–Crippen LogP) is 2.27. The molecule has 0 atom stereocenters. The molecular weight excluding hydrogens is 224 g/mol. The summed E-state index contributed by atoms with van der Waals surface area (Å²) in [6, 6.07) is 7.26. The number of hydrogen-bond donors (Lipinski definition) is 2. The van der Waals surface area contributed by atoms with Crippen LogP contribution in [0.5, 0.6) is 0 Å². The maximum Gasteiger partial charge on any atom is 0.151 e. The Balaban J connectivity index is 2.59. The Kier molecular flexibility index (Phi) is 2.66. The highest BCUT2D eigenvalue weighted by atomic mass is 35.5. The molecule has 0 spiro atoms. The van der Waals surface area contributed by atoms with Crippen molar-refractivity contribution in [2.75, 3.05) is 11.5 Å². The van der Waals surface area contributed by atoms with Crippen LogP contribution in [0, 0.1) is 6.92 Å². The van der Waals surface area contributed by atoms with Crippen LogP contribution in [0.25, 0.3) is 11.3 Å². The molecule has 4 N–H and O–H groups in total. The van der Waals surface area contributed by atoms with E-state index < -0.39 is 0 Å². The number of nitrogens with zero attached hydrogens (tertiary/aromatic N) is 2. The number of benzene rings is 1. The largest absolute Gasteiger partial charge is 0.394 e. The summed E-state index contributed by atoms with van der Waals surface area (Å²) in [4.78, 5) is 8.27. The lowest BCUT2D eigenvalue weighted by Crippen LogP contribution is -2.04. The maximum absolute atomic E-state index is 5.84. The van der Waals surface area contributed by atoms with Gasteiger partial charge in [-0.1, -0.05) is 23.7 Å². The quantitative estimate of drug-likeness (QED) is 0.794. The fourth-order valence-electron chi connectivity index (χ4n) is 1.43. The van der Waals surface area contributed by atoms with Gasteiger partial charge in [0.05, 0.1) is 5.69 Å². The van der Waals surface area contributed by atoms with Crippen LogP contribution in [0.1, 0.15) is 5.82 Å². The summed E-state index contributed by atoms with van der Waals surface area (Å²) >= 11 is 5.81. The number of aryl methyl sites for hydroxylation is 1. The number of aromatic nitrogens is 2. The molecule has 82 valence electrons. The first-order valence-electron chi connectivity index (χ1n) is 4.73. The Labute approximate surface area is 98.3 Å². The Morgan fingerprint density at radius 3 is 2.31 bits per heavy atom. The van der Waals surface area contributed by atoms with Crippen LogP contribution in [-0.2, 0) is 0 Å². The zero-order chi connectivity index (χ0) is 11.7. The van der Waals surface area contributed by atoms with E-state index in [1.807, 2.05) is 12.1 Å². The topological polar surface area (TPSA) is 77.8 Å². The van der Waals surface area contributed by atoms with Crippen LogP contribution in [-0.4, -0.2) is 9.97 Å². The SMILES string of the molecule is Cc1nc(N)c(N)c(-c2ccc(Cl)cc2)n1. The summed E-state index contributed by atoms with van der Waals surface area (Å²) in [6.45, 7) is 1.77. The van der Waals surface area contributed by atoms with Crippen molar-refractivity contribution in [1.29, 1.82) is 0 Å². The van der Waals surface area contributed by atoms with E-state index in [2.05, 4.69) is 9.97 Å². The molecule has 5 heteroatoms. The Hall–Kier alpha value is -1.81. The molecule has 0 saturated carbocycles. The monoisotopic (exact) mass is 234 g/mol. The number of anilines is 2. The van der Waals surface area contributed by atoms with E-state index in [0.29, 0.717) is 28.0 Å². The Morgan fingerprint density at radius 1 is 1.06 bits per heavy atom. The molecule has 0 amide bonds. The lowest BCUT2D eigenvalue weighted by Gasteiger charge is -2.08. The molecule has 0 fully saturated rings. The van der Waals surface area contributed by atoms with Crippen molar-refractivity contribution in [2.45, 2.75) is 6.92 Å². The third-order valence-electron chi connectivity index (χ3n) is 2.20. The smallest absolute Gasteiger partial charge is 0.151 e. The van der Waals surface area contributed by atoms with Gasteiger partial charge >= 0.3 is 0 Å². The van der Waals surface area contributed by atoms with E-state index in [4.69, 9.17) is 23.1 Å². The number of hydrogen-bond acceptors (Lipinski definition) is 4. The first-order chi connectivity index (χ1) is 7.58. The van der Waals surface area contributed by atoms with Gasteiger partial charge in [0.1, 0.15) is 11.5 Å². The van der Waals surface area contributed by atoms with Gasteiger partial charge in [-0.2, -0.15) is 0 Å². The van der Waals surface area contributed by atoms with Crippen molar-refractivity contribution in [2.24, 2.45) is 0 Å². The van der Waals surface area contributed by atoms with Gasteiger partial charge < -0.3 is 11.5 Å². The molecule has 0 unspecified atom stereocenters. The van der Waals surface area contributed by atoms with Crippen molar-refractivity contribution in [3.8, 4) is 11.3 Å². The molecule has 0 aliphatic carbocycles. The minimum atomic E-state index is 0.303. The van der Waals surface area contributed by atoms with Crippen LogP contribution in [0.4, 0.5) is 11.5 Å². The molecule has 1 aromatic carbocycles. The van der Waals surface area contributed by atoms with Crippen LogP contribution >= 0.6 is 11.6 Å². The second kappa shape index (κ2) is 3.98. The van der Waals surface area contributed by atoms with E-state index in [9.17, 15) is 0 Å².